The van der Waals surface area contributed by atoms with Gasteiger partial charge in [-0.05, 0) is 70.3 Å². The summed E-state index contributed by atoms with van der Waals surface area (Å²) in [7, 11) is 0. The van der Waals surface area contributed by atoms with Crippen LogP contribution in [0.4, 0.5) is 0 Å². The van der Waals surface area contributed by atoms with E-state index < -0.39 is 0 Å². The lowest BCUT2D eigenvalue weighted by molar-refractivity contribution is 0.360. The number of hydrogen-bond acceptors (Lipinski definition) is 6. The van der Waals surface area contributed by atoms with Crippen LogP contribution in [0.2, 0.25) is 0 Å². The zero-order valence-electron chi connectivity index (χ0n) is 26.8. The lowest BCUT2D eigenvalue weighted by Gasteiger charge is -2.25. The van der Waals surface area contributed by atoms with E-state index in [0.29, 0.717) is 40.3 Å². The molecule has 2 heterocycles. The fraction of sp³-hybridized carbons (Fsp3) is 0.0698. The van der Waals surface area contributed by atoms with Crippen molar-refractivity contribution in [2.24, 2.45) is 0 Å². The molecule has 7 aromatic rings. The van der Waals surface area contributed by atoms with Crippen LogP contribution in [-0.4, -0.2) is 15.0 Å². The minimum atomic E-state index is -0.137. The molecule has 0 fully saturated rings. The molecule has 1 aliphatic heterocycles. The van der Waals surface area contributed by atoms with Crippen LogP contribution in [0.5, 0.6) is 23.0 Å². The van der Waals surface area contributed by atoms with E-state index in [9.17, 15) is 5.26 Å². The summed E-state index contributed by atoms with van der Waals surface area (Å²) in [6, 6.07) is 46.2. The van der Waals surface area contributed by atoms with Crippen LogP contribution >= 0.6 is 0 Å². The molecule has 1 aliphatic carbocycles. The van der Waals surface area contributed by atoms with Crippen molar-refractivity contribution in [1.82, 2.24) is 15.0 Å². The highest BCUT2D eigenvalue weighted by atomic mass is 16.6. The topological polar surface area (TPSA) is 80.9 Å². The predicted octanol–water partition coefficient (Wildman–Crippen LogP) is 10.6. The number of benzene rings is 6. The lowest BCUT2D eigenvalue weighted by atomic mass is 9.82. The number of nitrogens with zero attached hydrogens (tertiary/aromatic N) is 4. The summed E-state index contributed by atoms with van der Waals surface area (Å²) < 4.78 is 13.2. The first-order valence-corrected chi connectivity index (χ1v) is 16.2. The Kier molecular flexibility index (Phi) is 6.43. The van der Waals surface area contributed by atoms with Gasteiger partial charge in [0.2, 0.25) is 0 Å². The Hall–Kier alpha value is -6.58. The molecule has 0 amide bonds. The van der Waals surface area contributed by atoms with Crippen LogP contribution in [0.15, 0.2) is 133 Å². The van der Waals surface area contributed by atoms with Gasteiger partial charge >= 0.3 is 0 Å². The number of nitriles is 1. The summed E-state index contributed by atoms with van der Waals surface area (Å²) in [5.74, 6) is 4.27. The minimum Gasteiger partial charge on any atom is -0.449 e. The van der Waals surface area contributed by atoms with E-state index in [1.54, 1.807) is 6.07 Å². The normalized spacial score (nSPS) is 13.2. The molecule has 0 N–H and O–H groups in total. The largest absolute Gasteiger partial charge is 0.449 e. The third-order valence-corrected chi connectivity index (χ3v) is 9.41. The standard InChI is InChI=1S/C43H28N4O2/c1-43(2)33-17-7-6-16-32(33)38-34(43)19-21-36-39(38)49-35-20-18-31(24-37(35)48-36)42-46-40(27-11-4-3-5-12-27)45-41(47-42)30-15-9-14-29(23-30)28-13-8-10-26(22-28)25-44/h3-24H,1-2H3. The average Bonchev–Trinajstić information content (AvgIpc) is 3.40. The molecule has 232 valence electrons. The van der Waals surface area contributed by atoms with Crippen molar-refractivity contribution in [1.29, 1.82) is 5.26 Å². The van der Waals surface area contributed by atoms with Crippen molar-refractivity contribution in [3.8, 4) is 85.5 Å². The maximum absolute atomic E-state index is 9.44. The highest BCUT2D eigenvalue weighted by Gasteiger charge is 2.39. The SMILES string of the molecule is CC1(C)c2ccccc2-c2c1ccc1c2Oc2ccc(-c3nc(-c4ccccc4)nc(-c4cccc(-c5cccc(C#N)c5)c4)n3)cc2O1. The molecule has 6 aromatic carbocycles. The van der Waals surface area contributed by atoms with Gasteiger partial charge in [0.05, 0.1) is 11.6 Å². The maximum atomic E-state index is 9.44. The molecule has 0 spiro atoms. The van der Waals surface area contributed by atoms with E-state index in [4.69, 9.17) is 24.4 Å². The minimum absolute atomic E-state index is 0.137. The number of rotatable bonds is 4. The number of ether oxygens (including phenoxy) is 2. The average molecular weight is 633 g/mol. The summed E-state index contributed by atoms with van der Waals surface area (Å²) in [5.41, 5.74) is 9.65. The van der Waals surface area contributed by atoms with Crippen molar-refractivity contribution in [3.63, 3.8) is 0 Å². The number of hydrogen-bond donors (Lipinski definition) is 0. The second-order valence-electron chi connectivity index (χ2n) is 12.8. The van der Waals surface area contributed by atoms with Crippen molar-refractivity contribution in [2.45, 2.75) is 19.3 Å². The summed E-state index contributed by atoms with van der Waals surface area (Å²) in [5, 5.41) is 9.44. The van der Waals surface area contributed by atoms with E-state index in [-0.39, 0.29) is 5.41 Å². The molecule has 0 saturated heterocycles. The van der Waals surface area contributed by atoms with Crippen LogP contribution in [0.25, 0.3) is 56.4 Å². The van der Waals surface area contributed by atoms with Crippen LogP contribution < -0.4 is 9.47 Å². The Morgan fingerprint density at radius 1 is 0.510 bits per heavy atom. The first-order valence-electron chi connectivity index (χ1n) is 16.2. The highest BCUT2D eigenvalue weighted by molar-refractivity contribution is 5.88. The van der Waals surface area contributed by atoms with Gasteiger partial charge < -0.3 is 9.47 Å². The van der Waals surface area contributed by atoms with E-state index >= 15 is 0 Å². The molecule has 6 nitrogen and oxygen atoms in total. The predicted molar refractivity (Wildman–Crippen MR) is 190 cm³/mol. The van der Waals surface area contributed by atoms with Crippen molar-refractivity contribution in [3.05, 3.63) is 150 Å². The Bertz CT molecular complexity index is 2500. The Balaban J connectivity index is 1.13. The molecule has 0 bridgehead atoms. The first kappa shape index (κ1) is 28.6. The molecule has 0 unspecified atom stereocenters. The van der Waals surface area contributed by atoms with Crippen LogP contribution in [0.3, 0.4) is 0 Å². The second-order valence-corrected chi connectivity index (χ2v) is 12.8. The van der Waals surface area contributed by atoms with Gasteiger partial charge in [-0.25, -0.2) is 15.0 Å². The molecule has 1 aromatic heterocycles. The maximum Gasteiger partial charge on any atom is 0.178 e. The van der Waals surface area contributed by atoms with Crippen molar-refractivity contribution >= 4 is 0 Å². The van der Waals surface area contributed by atoms with Gasteiger partial charge in [-0.2, -0.15) is 5.26 Å². The Morgan fingerprint density at radius 2 is 1.14 bits per heavy atom. The van der Waals surface area contributed by atoms with Crippen molar-refractivity contribution < 1.29 is 9.47 Å². The fourth-order valence-corrected chi connectivity index (χ4v) is 6.92. The van der Waals surface area contributed by atoms with E-state index in [1.807, 2.05) is 97.1 Å². The zero-order valence-corrected chi connectivity index (χ0v) is 26.8. The molecule has 0 saturated carbocycles. The van der Waals surface area contributed by atoms with Gasteiger partial charge in [-0.1, -0.05) is 105 Å². The third kappa shape index (κ3) is 4.75. The smallest absolute Gasteiger partial charge is 0.178 e. The number of fused-ring (bicyclic) bond motifs is 6. The van der Waals surface area contributed by atoms with Gasteiger partial charge in [0.1, 0.15) is 0 Å². The van der Waals surface area contributed by atoms with Gasteiger partial charge in [0.15, 0.2) is 40.5 Å². The van der Waals surface area contributed by atoms with Crippen LogP contribution in [0, 0.1) is 11.3 Å². The Labute approximate surface area is 284 Å². The van der Waals surface area contributed by atoms with Crippen LogP contribution in [0.1, 0.15) is 30.5 Å². The van der Waals surface area contributed by atoms with E-state index in [1.165, 1.54) is 16.7 Å². The summed E-state index contributed by atoms with van der Waals surface area (Å²) in [6.45, 7) is 4.51. The van der Waals surface area contributed by atoms with Gasteiger partial charge in [0, 0.05) is 27.7 Å². The van der Waals surface area contributed by atoms with E-state index in [0.717, 1.165) is 39.1 Å². The lowest BCUT2D eigenvalue weighted by Crippen LogP contribution is -2.15. The third-order valence-electron chi connectivity index (χ3n) is 9.41. The summed E-state index contributed by atoms with van der Waals surface area (Å²) in [6.07, 6.45) is 0. The van der Waals surface area contributed by atoms with Gasteiger partial charge in [-0.3, -0.25) is 0 Å². The summed E-state index contributed by atoms with van der Waals surface area (Å²) in [4.78, 5) is 14.8. The molecule has 0 atom stereocenters. The molecule has 9 rings (SSSR count). The van der Waals surface area contributed by atoms with E-state index in [2.05, 4.69) is 50.2 Å². The fourth-order valence-electron chi connectivity index (χ4n) is 6.92. The molecule has 0 radical (unpaired) electrons. The van der Waals surface area contributed by atoms with Gasteiger partial charge in [-0.15, -0.1) is 0 Å². The zero-order chi connectivity index (χ0) is 33.1. The molecule has 49 heavy (non-hydrogen) atoms. The number of aromatic nitrogens is 3. The van der Waals surface area contributed by atoms with Crippen LogP contribution in [-0.2, 0) is 5.41 Å². The highest BCUT2D eigenvalue weighted by Crippen LogP contribution is 2.58. The Morgan fingerprint density at radius 3 is 1.94 bits per heavy atom. The summed E-state index contributed by atoms with van der Waals surface area (Å²) >= 11 is 0. The quantitative estimate of drug-likeness (QED) is 0.192. The molecular formula is C43H28N4O2. The molecular weight excluding hydrogens is 604 g/mol. The van der Waals surface area contributed by atoms with Crippen molar-refractivity contribution in [2.75, 3.05) is 0 Å². The first-order chi connectivity index (χ1) is 24.0. The van der Waals surface area contributed by atoms with Gasteiger partial charge in [0.25, 0.3) is 0 Å². The molecule has 2 aliphatic rings. The monoisotopic (exact) mass is 632 g/mol. The second kappa shape index (κ2) is 11.0. The molecule has 6 heteroatoms.